The van der Waals surface area contributed by atoms with E-state index < -0.39 is 0 Å². The van der Waals surface area contributed by atoms with Gasteiger partial charge in [-0.05, 0) is 48.9 Å². The molecule has 3 rings (SSSR count). The first-order valence-electron chi connectivity index (χ1n) is 10.4. The first kappa shape index (κ1) is 22.1. The number of hydrogen-bond acceptors (Lipinski definition) is 4. The van der Waals surface area contributed by atoms with Crippen LogP contribution in [0.25, 0.3) is 10.9 Å². The Hall–Kier alpha value is -2.60. The van der Waals surface area contributed by atoms with Crippen molar-refractivity contribution < 1.29 is 4.79 Å². The third-order valence-corrected chi connectivity index (χ3v) is 6.07. The monoisotopic (exact) mass is 423 g/mol. The van der Waals surface area contributed by atoms with Crippen molar-refractivity contribution >= 4 is 34.3 Å². The zero-order valence-electron chi connectivity index (χ0n) is 18.1. The Labute approximate surface area is 181 Å². The second kappa shape index (κ2) is 9.94. The molecule has 0 aliphatic heterocycles. The van der Waals surface area contributed by atoms with E-state index in [-0.39, 0.29) is 17.2 Å². The van der Waals surface area contributed by atoms with Crippen molar-refractivity contribution in [1.82, 2.24) is 9.55 Å². The lowest BCUT2D eigenvalue weighted by Crippen LogP contribution is -2.25. The summed E-state index contributed by atoms with van der Waals surface area (Å²) in [5.41, 5.74) is 3.67. The molecule has 0 fully saturated rings. The standard InChI is InChI=1S/C24H29N3O2S/c1-5-18-10-8-9-17(4)22(18)26-21(28)15-30-24-25-20-12-7-6-11-19(20)23(29)27(24)14-13-16(2)3/h6-12,16H,5,13-15H2,1-4H3,(H,26,28). The molecule has 0 radical (unpaired) electrons. The van der Waals surface area contributed by atoms with Gasteiger partial charge in [0.05, 0.1) is 16.7 Å². The number of anilines is 1. The lowest BCUT2D eigenvalue weighted by molar-refractivity contribution is -0.113. The van der Waals surface area contributed by atoms with E-state index in [2.05, 4.69) is 26.1 Å². The van der Waals surface area contributed by atoms with E-state index in [1.165, 1.54) is 11.8 Å². The van der Waals surface area contributed by atoms with E-state index in [0.717, 1.165) is 29.7 Å². The number of para-hydroxylation sites is 2. The number of hydrogen-bond donors (Lipinski definition) is 1. The number of aryl methyl sites for hydroxylation is 2. The van der Waals surface area contributed by atoms with Crippen LogP contribution in [0, 0.1) is 12.8 Å². The summed E-state index contributed by atoms with van der Waals surface area (Å²) in [5.74, 6) is 0.573. The number of aromatic nitrogens is 2. The van der Waals surface area contributed by atoms with Crippen LogP contribution < -0.4 is 10.9 Å². The van der Waals surface area contributed by atoms with Gasteiger partial charge in [0.2, 0.25) is 5.91 Å². The fourth-order valence-electron chi connectivity index (χ4n) is 3.35. The molecule has 0 unspecified atom stereocenters. The quantitative estimate of drug-likeness (QED) is 0.407. The predicted octanol–water partition coefficient (Wildman–Crippen LogP) is 5.04. The predicted molar refractivity (Wildman–Crippen MR) is 125 cm³/mol. The highest BCUT2D eigenvalue weighted by Crippen LogP contribution is 2.23. The van der Waals surface area contributed by atoms with Crippen molar-refractivity contribution in [1.29, 1.82) is 0 Å². The molecule has 158 valence electrons. The van der Waals surface area contributed by atoms with Gasteiger partial charge in [0.25, 0.3) is 5.56 Å². The van der Waals surface area contributed by atoms with Crippen LogP contribution in [0.1, 0.15) is 38.3 Å². The fourth-order valence-corrected chi connectivity index (χ4v) is 4.18. The van der Waals surface area contributed by atoms with Crippen molar-refractivity contribution in [3.63, 3.8) is 0 Å². The van der Waals surface area contributed by atoms with Crippen LogP contribution in [0.3, 0.4) is 0 Å². The summed E-state index contributed by atoms with van der Waals surface area (Å²) in [6.07, 6.45) is 1.73. The fraction of sp³-hybridized carbons (Fsp3) is 0.375. The molecule has 0 saturated carbocycles. The molecule has 1 amide bonds. The van der Waals surface area contributed by atoms with E-state index in [0.29, 0.717) is 28.5 Å². The Morgan fingerprint density at radius 2 is 1.93 bits per heavy atom. The first-order chi connectivity index (χ1) is 14.4. The third kappa shape index (κ3) is 5.11. The van der Waals surface area contributed by atoms with Gasteiger partial charge in [-0.3, -0.25) is 14.2 Å². The molecule has 0 bridgehead atoms. The number of carbonyl (C=O) groups excluding carboxylic acids is 1. The van der Waals surface area contributed by atoms with Crippen molar-refractivity contribution in [2.75, 3.05) is 11.1 Å². The van der Waals surface area contributed by atoms with E-state index >= 15 is 0 Å². The summed E-state index contributed by atoms with van der Waals surface area (Å²) in [7, 11) is 0. The maximum atomic E-state index is 13.0. The number of benzene rings is 2. The smallest absolute Gasteiger partial charge is 0.262 e. The molecule has 0 aliphatic rings. The van der Waals surface area contributed by atoms with Gasteiger partial charge in [0.15, 0.2) is 5.16 Å². The van der Waals surface area contributed by atoms with Crippen LogP contribution in [0.15, 0.2) is 52.4 Å². The van der Waals surface area contributed by atoms with Gasteiger partial charge >= 0.3 is 0 Å². The SMILES string of the molecule is CCc1cccc(C)c1NC(=O)CSc1nc2ccccc2c(=O)n1CCC(C)C. The van der Waals surface area contributed by atoms with Crippen LogP contribution in [0.4, 0.5) is 5.69 Å². The molecule has 1 N–H and O–H groups in total. The van der Waals surface area contributed by atoms with Crippen LogP contribution >= 0.6 is 11.8 Å². The molecule has 0 spiro atoms. The number of rotatable bonds is 8. The highest BCUT2D eigenvalue weighted by Gasteiger charge is 2.15. The number of carbonyl (C=O) groups is 1. The van der Waals surface area contributed by atoms with Crippen LogP contribution in [0.5, 0.6) is 0 Å². The Bertz CT molecular complexity index is 1110. The van der Waals surface area contributed by atoms with E-state index in [1.54, 1.807) is 4.57 Å². The number of amides is 1. The molecule has 2 aromatic carbocycles. The van der Waals surface area contributed by atoms with Crippen molar-refractivity contribution in [2.24, 2.45) is 5.92 Å². The maximum Gasteiger partial charge on any atom is 0.262 e. The van der Waals surface area contributed by atoms with Gasteiger partial charge in [-0.1, -0.05) is 62.9 Å². The summed E-state index contributed by atoms with van der Waals surface area (Å²) < 4.78 is 1.71. The Morgan fingerprint density at radius 3 is 2.67 bits per heavy atom. The normalized spacial score (nSPS) is 11.2. The molecule has 6 heteroatoms. The molecular formula is C24H29N3O2S. The zero-order chi connectivity index (χ0) is 21.7. The molecule has 0 saturated heterocycles. The average molecular weight is 424 g/mol. The minimum Gasteiger partial charge on any atom is -0.325 e. The molecule has 1 heterocycles. The lowest BCUT2D eigenvalue weighted by Gasteiger charge is -2.15. The van der Waals surface area contributed by atoms with E-state index in [9.17, 15) is 9.59 Å². The minimum atomic E-state index is -0.0955. The molecule has 0 aliphatic carbocycles. The highest BCUT2D eigenvalue weighted by atomic mass is 32.2. The highest BCUT2D eigenvalue weighted by molar-refractivity contribution is 7.99. The number of fused-ring (bicyclic) bond motifs is 1. The first-order valence-corrected chi connectivity index (χ1v) is 11.4. The van der Waals surface area contributed by atoms with Crippen molar-refractivity contribution in [3.8, 4) is 0 Å². The Kier molecular flexibility index (Phi) is 7.32. The minimum absolute atomic E-state index is 0.0451. The van der Waals surface area contributed by atoms with Gasteiger partial charge < -0.3 is 5.32 Å². The van der Waals surface area contributed by atoms with Crippen LogP contribution in [-0.4, -0.2) is 21.2 Å². The van der Waals surface area contributed by atoms with Gasteiger partial charge in [0.1, 0.15) is 0 Å². The topological polar surface area (TPSA) is 64.0 Å². The number of thioether (sulfide) groups is 1. The Balaban J connectivity index is 1.83. The van der Waals surface area contributed by atoms with Crippen molar-refractivity contribution in [3.05, 3.63) is 63.9 Å². The summed E-state index contributed by atoms with van der Waals surface area (Å²) in [4.78, 5) is 30.4. The zero-order valence-corrected chi connectivity index (χ0v) is 18.9. The third-order valence-electron chi connectivity index (χ3n) is 5.09. The van der Waals surface area contributed by atoms with Crippen LogP contribution in [-0.2, 0) is 17.8 Å². The second-order valence-electron chi connectivity index (χ2n) is 7.85. The molecule has 30 heavy (non-hydrogen) atoms. The molecule has 1 aromatic heterocycles. The lowest BCUT2D eigenvalue weighted by atomic mass is 10.1. The van der Waals surface area contributed by atoms with E-state index in [4.69, 9.17) is 4.98 Å². The van der Waals surface area contributed by atoms with Crippen molar-refractivity contribution in [2.45, 2.75) is 52.2 Å². The van der Waals surface area contributed by atoms with Gasteiger partial charge in [-0.25, -0.2) is 4.98 Å². The number of nitrogens with one attached hydrogen (secondary N) is 1. The summed E-state index contributed by atoms with van der Waals surface area (Å²) in [5, 5.41) is 4.25. The number of nitrogens with zero attached hydrogens (tertiary/aromatic N) is 2. The molecular weight excluding hydrogens is 394 g/mol. The Morgan fingerprint density at radius 1 is 1.17 bits per heavy atom. The van der Waals surface area contributed by atoms with Gasteiger partial charge in [-0.15, -0.1) is 0 Å². The maximum absolute atomic E-state index is 13.0. The van der Waals surface area contributed by atoms with Gasteiger partial charge in [-0.2, -0.15) is 0 Å². The molecule has 5 nitrogen and oxygen atoms in total. The summed E-state index contributed by atoms with van der Waals surface area (Å²) >= 11 is 1.31. The molecule has 0 atom stereocenters. The van der Waals surface area contributed by atoms with Gasteiger partial charge in [0, 0.05) is 12.2 Å². The largest absolute Gasteiger partial charge is 0.325 e. The summed E-state index contributed by atoms with van der Waals surface area (Å²) in [6, 6.07) is 13.4. The average Bonchev–Trinajstić information content (AvgIpc) is 2.73. The summed E-state index contributed by atoms with van der Waals surface area (Å²) in [6.45, 7) is 8.93. The molecule has 3 aromatic rings. The van der Waals surface area contributed by atoms with E-state index in [1.807, 2.05) is 49.4 Å². The van der Waals surface area contributed by atoms with Crippen LogP contribution in [0.2, 0.25) is 0 Å². The second-order valence-corrected chi connectivity index (χ2v) is 8.79.